The topological polar surface area (TPSA) is 73.9 Å². The van der Waals surface area contributed by atoms with Crippen molar-refractivity contribution >= 4 is 11.9 Å². The lowest BCUT2D eigenvalue weighted by Gasteiger charge is -2.26. The predicted octanol–water partition coefficient (Wildman–Crippen LogP) is 3.65. The highest BCUT2D eigenvalue weighted by atomic mass is 19.3. The Morgan fingerprint density at radius 3 is 2.72 bits per heavy atom. The summed E-state index contributed by atoms with van der Waals surface area (Å²) in [7, 11) is 1.26. The fourth-order valence-electron chi connectivity index (χ4n) is 3.34. The van der Waals surface area contributed by atoms with Gasteiger partial charge in [0.2, 0.25) is 0 Å². The van der Waals surface area contributed by atoms with Crippen LogP contribution in [0.25, 0.3) is 0 Å². The summed E-state index contributed by atoms with van der Waals surface area (Å²) in [6.07, 6.45) is 2.76. The Morgan fingerprint density at radius 1 is 1.17 bits per heavy atom. The molecule has 154 valence electrons. The molecule has 0 aromatic heterocycles. The summed E-state index contributed by atoms with van der Waals surface area (Å²) in [6, 6.07) is 11.5. The van der Waals surface area contributed by atoms with Crippen molar-refractivity contribution in [3.8, 4) is 11.5 Å². The van der Waals surface area contributed by atoms with Crippen molar-refractivity contribution in [2.45, 2.75) is 31.9 Å². The van der Waals surface area contributed by atoms with Crippen molar-refractivity contribution in [1.82, 2.24) is 5.32 Å². The van der Waals surface area contributed by atoms with Gasteiger partial charge in [0.05, 0.1) is 18.7 Å². The molecule has 8 heteroatoms. The number of methoxy groups -OCH3 is 1. The van der Waals surface area contributed by atoms with Crippen molar-refractivity contribution < 1.29 is 32.6 Å². The van der Waals surface area contributed by atoms with E-state index in [9.17, 15) is 18.4 Å². The zero-order valence-electron chi connectivity index (χ0n) is 15.8. The molecule has 0 aliphatic heterocycles. The second-order valence-electron chi connectivity index (χ2n) is 6.53. The maximum atomic E-state index is 12.4. The highest BCUT2D eigenvalue weighted by Gasteiger charge is 2.22. The van der Waals surface area contributed by atoms with Gasteiger partial charge in [0.15, 0.2) is 18.1 Å². The van der Waals surface area contributed by atoms with Crippen LogP contribution in [0.5, 0.6) is 11.5 Å². The predicted molar refractivity (Wildman–Crippen MR) is 100 cm³/mol. The van der Waals surface area contributed by atoms with E-state index in [1.54, 1.807) is 0 Å². The molecule has 0 unspecified atom stereocenters. The standard InChI is InChI=1S/C21H21F2NO5/c1-27-18-11-14(9-10-17(18)29-21(22)23)20(26)28-12-19(25)24-16-8-4-6-13-5-2-3-7-15(13)16/h2-3,5,7,9-11,16,21H,4,6,8,12H2,1H3,(H,24,25)/t16-/m0/s1. The lowest BCUT2D eigenvalue weighted by atomic mass is 9.88. The number of ether oxygens (including phenoxy) is 3. The molecule has 29 heavy (non-hydrogen) atoms. The van der Waals surface area contributed by atoms with Gasteiger partial charge in [-0.05, 0) is 48.6 Å². The van der Waals surface area contributed by atoms with Crippen LogP contribution in [0.15, 0.2) is 42.5 Å². The van der Waals surface area contributed by atoms with Gasteiger partial charge in [0, 0.05) is 0 Å². The molecule has 1 aliphatic rings. The number of aryl methyl sites for hydroxylation is 1. The first-order valence-electron chi connectivity index (χ1n) is 9.15. The van der Waals surface area contributed by atoms with Crippen LogP contribution in [-0.2, 0) is 16.0 Å². The van der Waals surface area contributed by atoms with Gasteiger partial charge >= 0.3 is 12.6 Å². The van der Waals surface area contributed by atoms with Crippen LogP contribution < -0.4 is 14.8 Å². The van der Waals surface area contributed by atoms with Crippen molar-refractivity contribution in [3.05, 3.63) is 59.2 Å². The number of carbonyl (C=O) groups excluding carboxylic acids is 2. The maximum absolute atomic E-state index is 12.4. The van der Waals surface area contributed by atoms with Crippen LogP contribution in [0.4, 0.5) is 8.78 Å². The largest absolute Gasteiger partial charge is 0.493 e. The SMILES string of the molecule is COc1cc(C(=O)OCC(=O)N[C@H]2CCCc3ccccc32)ccc1OC(F)F. The number of nitrogens with one attached hydrogen (secondary N) is 1. The van der Waals surface area contributed by atoms with Gasteiger partial charge in [-0.15, -0.1) is 0 Å². The molecule has 2 aromatic carbocycles. The minimum atomic E-state index is -3.02. The lowest BCUT2D eigenvalue weighted by molar-refractivity contribution is -0.125. The smallest absolute Gasteiger partial charge is 0.387 e. The van der Waals surface area contributed by atoms with Crippen LogP contribution in [0, 0.1) is 0 Å². The maximum Gasteiger partial charge on any atom is 0.387 e. The van der Waals surface area contributed by atoms with Gasteiger partial charge in [0.25, 0.3) is 5.91 Å². The Bertz CT molecular complexity index is 887. The lowest BCUT2D eigenvalue weighted by Crippen LogP contribution is -2.34. The van der Waals surface area contributed by atoms with E-state index in [1.165, 1.54) is 30.9 Å². The zero-order valence-corrected chi connectivity index (χ0v) is 15.8. The number of hydrogen-bond acceptors (Lipinski definition) is 5. The number of rotatable bonds is 7. The van der Waals surface area contributed by atoms with Crippen LogP contribution >= 0.6 is 0 Å². The molecule has 1 amide bonds. The van der Waals surface area contributed by atoms with Gasteiger partial charge < -0.3 is 19.5 Å². The second kappa shape index (κ2) is 9.36. The first-order valence-corrected chi connectivity index (χ1v) is 9.15. The van der Waals surface area contributed by atoms with Gasteiger partial charge in [-0.2, -0.15) is 8.78 Å². The minimum Gasteiger partial charge on any atom is -0.493 e. The van der Waals surface area contributed by atoms with Crippen LogP contribution in [0.2, 0.25) is 0 Å². The molecule has 3 rings (SSSR count). The Hall–Kier alpha value is -3.16. The van der Waals surface area contributed by atoms with Gasteiger partial charge in [-0.1, -0.05) is 24.3 Å². The summed E-state index contributed by atoms with van der Waals surface area (Å²) in [4.78, 5) is 24.4. The van der Waals surface area contributed by atoms with Crippen molar-refractivity contribution in [2.24, 2.45) is 0 Å². The molecule has 1 N–H and O–H groups in total. The summed E-state index contributed by atoms with van der Waals surface area (Å²) in [6.45, 7) is -3.47. The normalized spacial score (nSPS) is 15.4. The van der Waals surface area contributed by atoms with E-state index in [0.717, 1.165) is 24.8 Å². The van der Waals surface area contributed by atoms with Crippen molar-refractivity contribution in [3.63, 3.8) is 0 Å². The summed E-state index contributed by atoms with van der Waals surface area (Å²) in [5.74, 6) is -1.42. The molecule has 1 aliphatic carbocycles. The van der Waals surface area contributed by atoms with Gasteiger partial charge in [-0.3, -0.25) is 4.79 Å². The van der Waals surface area contributed by atoms with E-state index in [1.807, 2.05) is 24.3 Å². The molecule has 0 fully saturated rings. The van der Waals surface area contributed by atoms with Crippen LogP contribution in [-0.4, -0.2) is 32.2 Å². The molecule has 2 aromatic rings. The number of fused-ring (bicyclic) bond motifs is 1. The van der Waals surface area contributed by atoms with E-state index in [-0.39, 0.29) is 23.1 Å². The summed E-state index contributed by atoms with van der Waals surface area (Å²) >= 11 is 0. The fraction of sp³-hybridized carbons (Fsp3) is 0.333. The quantitative estimate of drug-likeness (QED) is 0.712. The number of esters is 1. The molecule has 0 radical (unpaired) electrons. The number of carbonyl (C=O) groups is 2. The third kappa shape index (κ3) is 5.22. The first-order chi connectivity index (χ1) is 14.0. The van der Waals surface area contributed by atoms with Gasteiger partial charge in [-0.25, -0.2) is 4.79 Å². The highest BCUT2D eigenvalue weighted by Crippen LogP contribution is 2.30. The fourth-order valence-corrected chi connectivity index (χ4v) is 3.34. The van der Waals surface area contributed by atoms with Crippen LogP contribution in [0.1, 0.15) is 40.4 Å². The molecule has 0 saturated carbocycles. The average Bonchev–Trinajstić information content (AvgIpc) is 2.72. The summed E-state index contributed by atoms with van der Waals surface area (Å²) < 4.78 is 39.1. The summed E-state index contributed by atoms with van der Waals surface area (Å²) in [5.41, 5.74) is 2.34. The molecular formula is C21H21F2NO5. The molecule has 6 nitrogen and oxygen atoms in total. The van der Waals surface area contributed by atoms with E-state index in [0.29, 0.717) is 0 Å². The second-order valence-corrected chi connectivity index (χ2v) is 6.53. The van der Waals surface area contributed by atoms with E-state index < -0.39 is 25.1 Å². The van der Waals surface area contributed by atoms with E-state index >= 15 is 0 Å². The average molecular weight is 405 g/mol. The Balaban J connectivity index is 1.57. The third-order valence-corrected chi connectivity index (χ3v) is 4.65. The van der Waals surface area contributed by atoms with E-state index in [2.05, 4.69) is 10.1 Å². The number of benzene rings is 2. The van der Waals surface area contributed by atoms with Crippen molar-refractivity contribution in [1.29, 1.82) is 0 Å². The molecule has 0 spiro atoms. The molecule has 0 heterocycles. The minimum absolute atomic E-state index is 0.0389. The molecule has 1 atom stereocenters. The van der Waals surface area contributed by atoms with Crippen molar-refractivity contribution in [2.75, 3.05) is 13.7 Å². The number of hydrogen-bond donors (Lipinski definition) is 1. The van der Waals surface area contributed by atoms with Crippen LogP contribution in [0.3, 0.4) is 0 Å². The molecular weight excluding hydrogens is 384 g/mol. The molecule has 0 bridgehead atoms. The Kier molecular flexibility index (Phi) is 6.64. The summed E-state index contributed by atoms with van der Waals surface area (Å²) in [5, 5.41) is 2.89. The first kappa shape index (κ1) is 20.6. The Labute approximate surface area is 166 Å². The zero-order chi connectivity index (χ0) is 20.8. The highest BCUT2D eigenvalue weighted by molar-refractivity contribution is 5.92. The number of amides is 1. The number of halogens is 2. The monoisotopic (exact) mass is 405 g/mol. The Morgan fingerprint density at radius 2 is 1.97 bits per heavy atom. The molecule has 0 saturated heterocycles. The number of alkyl halides is 2. The van der Waals surface area contributed by atoms with E-state index in [4.69, 9.17) is 9.47 Å². The van der Waals surface area contributed by atoms with Gasteiger partial charge in [0.1, 0.15) is 0 Å². The third-order valence-electron chi connectivity index (χ3n) is 4.65.